The number of hydrogen-bond donors (Lipinski definition) is 2. The van der Waals surface area contributed by atoms with Crippen LogP contribution in [0.2, 0.25) is 0 Å². The Morgan fingerprint density at radius 1 is 1.22 bits per heavy atom. The Bertz CT molecular complexity index is 710. The van der Waals surface area contributed by atoms with Crippen LogP contribution in [0.25, 0.3) is 0 Å². The van der Waals surface area contributed by atoms with Crippen molar-refractivity contribution >= 4 is 11.7 Å². The van der Waals surface area contributed by atoms with Gasteiger partial charge in [0.05, 0.1) is 12.3 Å². The molecule has 0 saturated carbocycles. The number of aromatic nitrogens is 1. The van der Waals surface area contributed by atoms with Gasteiger partial charge in [0.2, 0.25) is 5.88 Å². The molecule has 0 spiro atoms. The first-order chi connectivity index (χ1) is 11.0. The Kier molecular flexibility index (Phi) is 5.40. The van der Waals surface area contributed by atoms with Gasteiger partial charge >= 0.3 is 6.03 Å². The third-order valence-corrected chi connectivity index (χ3v) is 2.85. The van der Waals surface area contributed by atoms with Crippen molar-refractivity contribution in [1.82, 2.24) is 10.3 Å². The van der Waals surface area contributed by atoms with Gasteiger partial charge in [-0.2, -0.15) is 0 Å². The van der Waals surface area contributed by atoms with Gasteiger partial charge in [-0.3, -0.25) is 0 Å². The molecule has 5 nitrogen and oxygen atoms in total. The molecule has 0 bridgehead atoms. The van der Waals surface area contributed by atoms with Crippen LogP contribution in [0.4, 0.5) is 23.7 Å². The first-order valence-corrected chi connectivity index (χ1v) is 6.78. The monoisotopic (exact) mass is 325 g/mol. The molecule has 122 valence electrons. The van der Waals surface area contributed by atoms with Crippen molar-refractivity contribution in [2.75, 3.05) is 11.9 Å². The van der Waals surface area contributed by atoms with Crippen LogP contribution in [0.15, 0.2) is 30.5 Å². The highest BCUT2D eigenvalue weighted by atomic mass is 19.2. The van der Waals surface area contributed by atoms with E-state index < -0.39 is 29.2 Å². The Morgan fingerprint density at radius 3 is 2.74 bits per heavy atom. The van der Waals surface area contributed by atoms with Gasteiger partial charge in [-0.1, -0.05) is 6.07 Å². The lowest BCUT2D eigenvalue weighted by Gasteiger charge is -2.11. The number of anilines is 1. The summed E-state index contributed by atoms with van der Waals surface area (Å²) in [4.78, 5) is 15.8. The maximum atomic E-state index is 13.5. The number of amides is 2. The lowest BCUT2D eigenvalue weighted by molar-refractivity contribution is 0.251. The number of nitrogens with one attached hydrogen (secondary N) is 2. The van der Waals surface area contributed by atoms with Gasteiger partial charge in [0.1, 0.15) is 0 Å². The second kappa shape index (κ2) is 7.48. The molecule has 0 unspecified atom stereocenters. The van der Waals surface area contributed by atoms with Crippen molar-refractivity contribution in [3.63, 3.8) is 0 Å². The highest BCUT2D eigenvalue weighted by Crippen LogP contribution is 2.19. The minimum Gasteiger partial charge on any atom is -0.478 e. The lowest BCUT2D eigenvalue weighted by Crippen LogP contribution is -2.29. The highest BCUT2D eigenvalue weighted by molar-refractivity contribution is 5.89. The van der Waals surface area contributed by atoms with Gasteiger partial charge in [-0.05, 0) is 25.1 Å². The average Bonchev–Trinajstić information content (AvgIpc) is 2.55. The summed E-state index contributed by atoms with van der Waals surface area (Å²) in [6.07, 6.45) is 1.55. The lowest BCUT2D eigenvalue weighted by atomic mass is 10.2. The number of benzene rings is 1. The summed E-state index contributed by atoms with van der Waals surface area (Å²) < 4.78 is 44.7. The standard InChI is InChI=1S/C15H14F3N3O2/c1-2-23-14-9(4-3-7-19-14)8-20-15(22)21-11-6-5-10(16)12(17)13(11)18/h3-7H,2,8H2,1H3,(H2,20,21,22). The smallest absolute Gasteiger partial charge is 0.319 e. The SMILES string of the molecule is CCOc1ncccc1CNC(=O)Nc1ccc(F)c(F)c1F. The average molecular weight is 325 g/mol. The Balaban J connectivity index is 2.00. The summed E-state index contributed by atoms with van der Waals surface area (Å²) >= 11 is 0. The third-order valence-electron chi connectivity index (χ3n) is 2.85. The topological polar surface area (TPSA) is 63.2 Å². The van der Waals surface area contributed by atoms with Crippen LogP contribution in [0.3, 0.4) is 0 Å². The van der Waals surface area contributed by atoms with E-state index in [4.69, 9.17) is 4.74 Å². The number of pyridine rings is 1. The predicted octanol–water partition coefficient (Wildman–Crippen LogP) is 3.22. The van der Waals surface area contributed by atoms with Gasteiger partial charge in [0.25, 0.3) is 0 Å². The van der Waals surface area contributed by atoms with Crippen LogP contribution in [-0.4, -0.2) is 17.6 Å². The molecule has 2 N–H and O–H groups in total. The second-order valence-electron chi connectivity index (χ2n) is 4.43. The molecule has 2 amide bonds. The van der Waals surface area contributed by atoms with Crippen LogP contribution in [-0.2, 0) is 6.54 Å². The first-order valence-electron chi connectivity index (χ1n) is 6.78. The fraction of sp³-hybridized carbons (Fsp3) is 0.200. The quantitative estimate of drug-likeness (QED) is 0.830. The Hall–Kier alpha value is -2.77. The largest absolute Gasteiger partial charge is 0.478 e. The molecule has 1 heterocycles. The fourth-order valence-electron chi connectivity index (χ4n) is 1.79. The minimum atomic E-state index is -1.64. The van der Waals surface area contributed by atoms with E-state index in [1.165, 1.54) is 0 Å². The summed E-state index contributed by atoms with van der Waals surface area (Å²) in [7, 11) is 0. The van der Waals surface area contributed by atoms with Crippen LogP contribution in [0.5, 0.6) is 5.88 Å². The van der Waals surface area contributed by atoms with Crippen molar-refractivity contribution in [3.8, 4) is 5.88 Å². The molecule has 0 aliphatic rings. The molecule has 0 saturated heterocycles. The summed E-state index contributed by atoms with van der Waals surface area (Å²) in [6.45, 7) is 2.28. The number of halogens is 3. The van der Waals surface area contributed by atoms with E-state index in [1.54, 1.807) is 25.3 Å². The number of rotatable bonds is 5. The van der Waals surface area contributed by atoms with Gasteiger partial charge in [-0.15, -0.1) is 0 Å². The molecule has 0 fully saturated rings. The number of carbonyl (C=O) groups is 1. The fourth-order valence-corrected chi connectivity index (χ4v) is 1.79. The van der Waals surface area contributed by atoms with Crippen LogP contribution in [0.1, 0.15) is 12.5 Å². The van der Waals surface area contributed by atoms with E-state index >= 15 is 0 Å². The number of nitrogens with zero attached hydrogens (tertiary/aromatic N) is 1. The molecule has 8 heteroatoms. The number of urea groups is 1. The summed E-state index contributed by atoms with van der Waals surface area (Å²) in [5, 5.41) is 4.56. The predicted molar refractivity (Wildman–Crippen MR) is 77.6 cm³/mol. The molecule has 1 aromatic heterocycles. The summed E-state index contributed by atoms with van der Waals surface area (Å²) in [6, 6.07) is 4.26. The zero-order valence-corrected chi connectivity index (χ0v) is 12.2. The molecule has 0 radical (unpaired) electrons. The molecule has 2 aromatic rings. The van der Waals surface area contributed by atoms with Crippen LogP contribution in [0, 0.1) is 17.5 Å². The molecule has 23 heavy (non-hydrogen) atoms. The van der Waals surface area contributed by atoms with E-state index in [-0.39, 0.29) is 6.54 Å². The molecule has 0 aliphatic heterocycles. The Morgan fingerprint density at radius 2 is 2.00 bits per heavy atom. The molecular formula is C15H14F3N3O2. The highest BCUT2D eigenvalue weighted by Gasteiger charge is 2.15. The zero-order chi connectivity index (χ0) is 16.8. The van der Waals surface area contributed by atoms with Gasteiger partial charge in [-0.25, -0.2) is 22.9 Å². The van der Waals surface area contributed by atoms with Crippen molar-refractivity contribution in [2.24, 2.45) is 0 Å². The second-order valence-corrected chi connectivity index (χ2v) is 4.43. The maximum absolute atomic E-state index is 13.5. The third kappa shape index (κ3) is 4.12. The van der Waals surface area contributed by atoms with Crippen molar-refractivity contribution in [3.05, 3.63) is 53.5 Å². The first kappa shape index (κ1) is 16.6. The number of ether oxygens (including phenoxy) is 1. The number of hydrogen-bond acceptors (Lipinski definition) is 3. The molecule has 0 aliphatic carbocycles. The van der Waals surface area contributed by atoms with Crippen molar-refractivity contribution < 1.29 is 22.7 Å². The van der Waals surface area contributed by atoms with Gasteiger partial charge in [0.15, 0.2) is 17.5 Å². The summed E-state index contributed by atoms with van der Waals surface area (Å²) in [5.41, 5.74) is 0.160. The molecule has 1 aromatic carbocycles. The van der Waals surface area contributed by atoms with Crippen molar-refractivity contribution in [1.29, 1.82) is 0 Å². The Labute approximate surface area is 130 Å². The minimum absolute atomic E-state index is 0.0697. The van der Waals surface area contributed by atoms with Crippen LogP contribution < -0.4 is 15.4 Å². The van der Waals surface area contributed by atoms with Crippen molar-refractivity contribution in [2.45, 2.75) is 13.5 Å². The van der Waals surface area contributed by atoms with E-state index in [0.717, 1.165) is 12.1 Å². The van der Waals surface area contributed by atoms with E-state index in [9.17, 15) is 18.0 Å². The molecule has 2 rings (SSSR count). The number of carbonyl (C=O) groups excluding carboxylic acids is 1. The summed E-state index contributed by atoms with van der Waals surface area (Å²) in [5.74, 6) is -4.07. The van der Waals surface area contributed by atoms with E-state index in [0.29, 0.717) is 18.1 Å². The van der Waals surface area contributed by atoms with Gasteiger partial charge in [0, 0.05) is 18.3 Å². The molecular weight excluding hydrogens is 311 g/mol. The normalized spacial score (nSPS) is 10.3. The molecule has 0 atom stereocenters. The zero-order valence-electron chi connectivity index (χ0n) is 12.2. The van der Waals surface area contributed by atoms with E-state index in [1.807, 2.05) is 0 Å². The van der Waals surface area contributed by atoms with Crippen LogP contribution >= 0.6 is 0 Å². The van der Waals surface area contributed by atoms with Gasteiger partial charge < -0.3 is 15.4 Å². The maximum Gasteiger partial charge on any atom is 0.319 e. The van der Waals surface area contributed by atoms with E-state index in [2.05, 4.69) is 15.6 Å².